The Bertz CT molecular complexity index is 732. The lowest BCUT2D eigenvalue weighted by Gasteiger charge is -2.19. The van der Waals surface area contributed by atoms with Gasteiger partial charge in [0.05, 0.1) is 5.56 Å². The zero-order valence-corrected chi connectivity index (χ0v) is 13.4. The van der Waals surface area contributed by atoms with E-state index in [0.717, 1.165) is 0 Å². The number of hydrogen-bond donors (Lipinski definition) is 2. The number of ether oxygens (including phenoxy) is 2. The molecule has 0 saturated heterocycles. The van der Waals surface area contributed by atoms with Crippen LogP contribution in [0.1, 0.15) is 29.1 Å². The first kappa shape index (κ1) is 18.0. The molecule has 130 valence electrons. The van der Waals surface area contributed by atoms with Gasteiger partial charge in [0.15, 0.2) is 0 Å². The second kappa shape index (κ2) is 8.49. The molecule has 2 N–H and O–H groups in total. The number of carbonyl (C=O) groups excluding carboxylic acids is 2. The standard InChI is InChI=1S/C18H17NO6/c1-12(15(20)21)19-18(23)25-17(14-10-6-3-7-11-14)24-16(22)13-8-4-2-5-9-13/h2-12,17H,1H3,(H,19,23)(H,20,21). The maximum absolute atomic E-state index is 12.2. The first-order valence-electron chi connectivity index (χ1n) is 7.48. The quantitative estimate of drug-likeness (QED) is 0.618. The lowest BCUT2D eigenvalue weighted by atomic mass is 10.2. The average Bonchev–Trinajstić information content (AvgIpc) is 2.62. The third-order valence-corrected chi connectivity index (χ3v) is 3.21. The molecule has 0 aromatic heterocycles. The summed E-state index contributed by atoms with van der Waals surface area (Å²) < 4.78 is 10.4. The van der Waals surface area contributed by atoms with Crippen LogP contribution in [0, 0.1) is 0 Å². The van der Waals surface area contributed by atoms with Gasteiger partial charge in [-0.1, -0.05) is 48.5 Å². The van der Waals surface area contributed by atoms with Crippen molar-refractivity contribution in [1.82, 2.24) is 5.32 Å². The summed E-state index contributed by atoms with van der Waals surface area (Å²) in [4.78, 5) is 34.9. The van der Waals surface area contributed by atoms with Gasteiger partial charge in [-0.05, 0) is 19.1 Å². The second-order valence-corrected chi connectivity index (χ2v) is 5.12. The van der Waals surface area contributed by atoms with E-state index in [1.54, 1.807) is 60.7 Å². The van der Waals surface area contributed by atoms with Crippen LogP contribution in [0.25, 0.3) is 0 Å². The Morgan fingerprint density at radius 3 is 2.04 bits per heavy atom. The Morgan fingerprint density at radius 2 is 1.48 bits per heavy atom. The molecular weight excluding hydrogens is 326 g/mol. The zero-order valence-electron chi connectivity index (χ0n) is 13.4. The molecule has 2 rings (SSSR count). The minimum absolute atomic E-state index is 0.298. The Balaban J connectivity index is 2.12. The van der Waals surface area contributed by atoms with E-state index in [4.69, 9.17) is 14.6 Å². The van der Waals surface area contributed by atoms with Crippen molar-refractivity contribution in [2.24, 2.45) is 0 Å². The SMILES string of the molecule is CC(NC(=O)OC(OC(=O)c1ccccc1)c1ccccc1)C(=O)O. The average molecular weight is 343 g/mol. The molecule has 0 spiro atoms. The minimum Gasteiger partial charge on any atom is -0.480 e. The summed E-state index contributed by atoms with van der Waals surface area (Å²) in [5.41, 5.74) is 0.733. The van der Waals surface area contributed by atoms with Gasteiger partial charge in [0.2, 0.25) is 0 Å². The number of carboxylic acid groups (broad SMARTS) is 1. The number of carbonyl (C=O) groups is 3. The Hall–Kier alpha value is -3.35. The van der Waals surface area contributed by atoms with Crippen molar-refractivity contribution in [2.45, 2.75) is 19.3 Å². The molecule has 2 unspecified atom stereocenters. The normalized spacial score (nSPS) is 12.5. The smallest absolute Gasteiger partial charge is 0.411 e. The number of nitrogens with one attached hydrogen (secondary N) is 1. The zero-order chi connectivity index (χ0) is 18.2. The van der Waals surface area contributed by atoms with Crippen LogP contribution in [0.5, 0.6) is 0 Å². The van der Waals surface area contributed by atoms with Crippen molar-refractivity contribution in [3.8, 4) is 0 Å². The van der Waals surface area contributed by atoms with Gasteiger partial charge >= 0.3 is 18.0 Å². The monoisotopic (exact) mass is 343 g/mol. The molecule has 0 radical (unpaired) electrons. The van der Waals surface area contributed by atoms with Crippen LogP contribution in [0.15, 0.2) is 60.7 Å². The summed E-state index contributed by atoms with van der Waals surface area (Å²) in [6.07, 6.45) is -2.32. The molecule has 0 fully saturated rings. The van der Waals surface area contributed by atoms with Crippen LogP contribution < -0.4 is 5.32 Å². The number of aliphatic carboxylic acids is 1. The van der Waals surface area contributed by atoms with Crippen LogP contribution in [0.3, 0.4) is 0 Å². The number of amides is 1. The third kappa shape index (κ3) is 5.35. The fraction of sp³-hybridized carbons (Fsp3) is 0.167. The topological polar surface area (TPSA) is 102 Å². The largest absolute Gasteiger partial charge is 0.480 e. The number of hydrogen-bond acceptors (Lipinski definition) is 5. The van der Waals surface area contributed by atoms with Crippen molar-refractivity contribution in [3.05, 3.63) is 71.8 Å². The van der Waals surface area contributed by atoms with Crippen LogP contribution in [0.4, 0.5) is 4.79 Å². The second-order valence-electron chi connectivity index (χ2n) is 5.12. The molecule has 2 atom stereocenters. The van der Waals surface area contributed by atoms with Gasteiger partial charge in [-0.15, -0.1) is 0 Å². The molecule has 7 nitrogen and oxygen atoms in total. The fourth-order valence-corrected chi connectivity index (χ4v) is 1.88. The minimum atomic E-state index is -1.31. The van der Waals surface area contributed by atoms with E-state index in [2.05, 4.69) is 5.32 Å². The van der Waals surface area contributed by atoms with Gasteiger partial charge in [-0.3, -0.25) is 4.79 Å². The van der Waals surface area contributed by atoms with Gasteiger partial charge in [0.25, 0.3) is 6.29 Å². The van der Waals surface area contributed by atoms with E-state index in [9.17, 15) is 14.4 Å². The molecule has 7 heteroatoms. The summed E-state index contributed by atoms with van der Waals surface area (Å²) in [5.74, 6) is -1.89. The lowest BCUT2D eigenvalue weighted by molar-refractivity contribution is -0.139. The number of benzene rings is 2. The van der Waals surface area contributed by atoms with E-state index >= 15 is 0 Å². The summed E-state index contributed by atoms with van der Waals surface area (Å²) in [6, 6.07) is 15.5. The molecule has 0 saturated carbocycles. The number of rotatable bonds is 6. The molecule has 0 heterocycles. The van der Waals surface area contributed by atoms with E-state index in [1.165, 1.54) is 6.92 Å². The predicted molar refractivity (Wildman–Crippen MR) is 87.8 cm³/mol. The molecule has 1 amide bonds. The molecule has 25 heavy (non-hydrogen) atoms. The predicted octanol–water partition coefficient (Wildman–Crippen LogP) is 2.74. The van der Waals surface area contributed by atoms with E-state index in [-0.39, 0.29) is 0 Å². The van der Waals surface area contributed by atoms with Gasteiger partial charge in [0.1, 0.15) is 6.04 Å². The number of esters is 1. The Morgan fingerprint density at radius 1 is 0.920 bits per heavy atom. The van der Waals surface area contributed by atoms with E-state index < -0.39 is 30.4 Å². The lowest BCUT2D eigenvalue weighted by Crippen LogP contribution is -2.39. The maximum Gasteiger partial charge on any atom is 0.411 e. The van der Waals surface area contributed by atoms with Crippen molar-refractivity contribution >= 4 is 18.0 Å². The summed E-state index contributed by atoms with van der Waals surface area (Å²) >= 11 is 0. The highest BCUT2D eigenvalue weighted by molar-refractivity contribution is 5.89. The summed E-state index contributed by atoms with van der Waals surface area (Å²) in [7, 11) is 0. The van der Waals surface area contributed by atoms with Crippen molar-refractivity contribution < 1.29 is 29.0 Å². The highest BCUT2D eigenvalue weighted by atomic mass is 16.7. The summed E-state index contributed by atoms with van der Waals surface area (Å²) in [6.45, 7) is 1.29. The first-order chi connectivity index (χ1) is 12.0. The van der Waals surface area contributed by atoms with Gasteiger partial charge < -0.3 is 19.9 Å². The molecule has 0 aliphatic rings. The number of alkyl carbamates (subject to hydrolysis) is 1. The third-order valence-electron chi connectivity index (χ3n) is 3.21. The Kier molecular flexibility index (Phi) is 6.11. The maximum atomic E-state index is 12.2. The Labute approximate surface area is 144 Å². The molecule has 0 aliphatic heterocycles. The van der Waals surface area contributed by atoms with Crippen LogP contribution in [-0.2, 0) is 14.3 Å². The first-order valence-corrected chi connectivity index (χ1v) is 7.48. The molecule has 0 aliphatic carbocycles. The number of carboxylic acids is 1. The van der Waals surface area contributed by atoms with Gasteiger partial charge in [-0.2, -0.15) is 0 Å². The molecular formula is C18H17NO6. The van der Waals surface area contributed by atoms with Crippen LogP contribution in [0.2, 0.25) is 0 Å². The van der Waals surface area contributed by atoms with E-state index in [1.807, 2.05) is 0 Å². The van der Waals surface area contributed by atoms with Crippen molar-refractivity contribution in [2.75, 3.05) is 0 Å². The van der Waals surface area contributed by atoms with Crippen LogP contribution in [-0.4, -0.2) is 29.2 Å². The van der Waals surface area contributed by atoms with Crippen LogP contribution >= 0.6 is 0 Å². The summed E-state index contributed by atoms with van der Waals surface area (Å²) in [5, 5.41) is 11.0. The highest BCUT2D eigenvalue weighted by Gasteiger charge is 2.24. The molecule has 2 aromatic carbocycles. The highest BCUT2D eigenvalue weighted by Crippen LogP contribution is 2.21. The van der Waals surface area contributed by atoms with Crippen molar-refractivity contribution in [1.29, 1.82) is 0 Å². The van der Waals surface area contributed by atoms with Gasteiger partial charge in [-0.25, -0.2) is 9.59 Å². The molecule has 2 aromatic rings. The van der Waals surface area contributed by atoms with Crippen molar-refractivity contribution in [3.63, 3.8) is 0 Å². The van der Waals surface area contributed by atoms with Gasteiger partial charge in [0, 0.05) is 5.56 Å². The fourth-order valence-electron chi connectivity index (χ4n) is 1.88. The van der Waals surface area contributed by atoms with E-state index in [0.29, 0.717) is 11.1 Å². The molecule has 0 bridgehead atoms.